The maximum atomic E-state index is 13.0. The first kappa shape index (κ1) is 19.2. The van der Waals surface area contributed by atoms with Gasteiger partial charge in [-0.05, 0) is 29.7 Å². The van der Waals surface area contributed by atoms with Gasteiger partial charge in [0.1, 0.15) is 6.23 Å². The summed E-state index contributed by atoms with van der Waals surface area (Å²) in [5.41, 5.74) is 2.75. The van der Waals surface area contributed by atoms with Gasteiger partial charge in [-0.25, -0.2) is 0 Å². The first-order valence-electron chi connectivity index (χ1n) is 8.92. The summed E-state index contributed by atoms with van der Waals surface area (Å²) in [5.74, 6) is 1.28. The van der Waals surface area contributed by atoms with Gasteiger partial charge in [0.15, 0.2) is 17.3 Å². The molecule has 1 aliphatic rings. The number of rotatable bonds is 7. The summed E-state index contributed by atoms with van der Waals surface area (Å²) in [6.45, 7) is 2.42. The monoisotopic (exact) mass is 371 g/mol. The zero-order valence-electron chi connectivity index (χ0n) is 16.1. The van der Waals surface area contributed by atoms with Crippen LogP contribution < -0.4 is 19.5 Å². The molecule has 2 unspecified atom stereocenters. The maximum Gasteiger partial charge on any atom is 0.203 e. The van der Waals surface area contributed by atoms with Crippen LogP contribution in [0.2, 0.25) is 0 Å². The Hall–Kier alpha value is -2.57. The number of ether oxygens (including phenoxy) is 4. The Bertz CT molecular complexity index is 778. The van der Waals surface area contributed by atoms with Crippen LogP contribution in [0.5, 0.6) is 17.2 Å². The third kappa shape index (κ3) is 3.91. The van der Waals surface area contributed by atoms with E-state index >= 15 is 0 Å². The summed E-state index contributed by atoms with van der Waals surface area (Å²) in [6.07, 6.45) is 0.688. The van der Waals surface area contributed by atoms with Gasteiger partial charge in [0.2, 0.25) is 5.75 Å². The second kappa shape index (κ2) is 8.41. The number of ketones is 1. The lowest BCUT2D eigenvalue weighted by Gasteiger charge is -2.16. The molecular formula is C21H25NO5. The summed E-state index contributed by atoms with van der Waals surface area (Å²) in [4.78, 5) is 13.0. The molecular weight excluding hydrogens is 346 g/mol. The molecule has 1 aliphatic heterocycles. The quantitative estimate of drug-likeness (QED) is 0.755. The number of benzene rings is 2. The van der Waals surface area contributed by atoms with Crippen LogP contribution in [0, 0.1) is 0 Å². The smallest absolute Gasteiger partial charge is 0.203 e. The summed E-state index contributed by atoms with van der Waals surface area (Å²) < 4.78 is 21.8. The second-order valence-corrected chi connectivity index (χ2v) is 6.31. The number of aryl methyl sites for hydroxylation is 1. The second-order valence-electron chi connectivity index (χ2n) is 6.31. The molecule has 2 atom stereocenters. The summed E-state index contributed by atoms with van der Waals surface area (Å²) in [6, 6.07) is 11.1. The summed E-state index contributed by atoms with van der Waals surface area (Å²) >= 11 is 0. The van der Waals surface area contributed by atoms with Crippen molar-refractivity contribution in [2.24, 2.45) is 0 Å². The van der Waals surface area contributed by atoms with Crippen molar-refractivity contribution in [1.82, 2.24) is 5.32 Å². The Balaban J connectivity index is 1.78. The molecule has 2 aromatic carbocycles. The summed E-state index contributed by atoms with van der Waals surface area (Å²) in [7, 11) is 4.58. The van der Waals surface area contributed by atoms with E-state index in [1.807, 2.05) is 12.1 Å². The molecule has 1 N–H and O–H groups in total. The molecule has 6 heteroatoms. The largest absolute Gasteiger partial charge is 0.493 e. The number of Topliss-reactive ketones (excluding diaryl/α,β-unsaturated/α-hetero) is 1. The number of carbonyl (C=O) groups excluding carboxylic acids is 1. The van der Waals surface area contributed by atoms with E-state index in [1.165, 1.54) is 26.9 Å². The molecule has 6 nitrogen and oxygen atoms in total. The maximum absolute atomic E-state index is 13.0. The zero-order valence-corrected chi connectivity index (χ0v) is 16.1. The van der Waals surface area contributed by atoms with Crippen molar-refractivity contribution in [3.8, 4) is 17.2 Å². The number of methoxy groups -OCH3 is 3. The van der Waals surface area contributed by atoms with Gasteiger partial charge in [0.25, 0.3) is 0 Å². The molecule has 0 saturated carbocycles. The van der Waals surface area contributed by atoms with Gasteiger partial charge in [0.05, 0.1) is 34.0 Å². The van der Waals surface area contributed by atoms with Gasteiger partial charge in [-0.1, -0.05) is 31.2 Å². The van der Waals surface area contributed by atoms with Crippen LogP contribution in [0.3, 0.4) is 0 Å². The molecule has 1 saturated heterocycles. The number of carbonyl (C=O) groups is 1. The van der Waals surface area contributed by atoms with Crippen LogP contribution >= 0.6 is 0 Å². The van der Waals surface area contributed by atoms with Gasteiger partial charge in [-0.15, -0.1) is 0 Å². The minimum atomic E-state index is -0.441. The van der Waals surface area contributed by atoms with Crippen molar-refractivity contribution in [2.45, 2.75) is 25.6 Å². The highest BCUT2D eigenvalue weighted by Gasteiger charge is 2.32. The van der Waals surface area contributed by atoms with Gasteiger partial charge in [-0.3, -0.25) is 10.1 Å². The average molecular weight is 371 g/mol. The SMILES string of the molecule is CCc1ccc(C2NC(C(=O)c3cc(OC)c(OC)c(OC)c3)CO2)cc1. The number of nitrogens with one attached hydrogen (secondary N) is 1. The molecule has 144 valence electrons. The van der Waals surface area contributed by atoms with E-state index in [-0.39, 0.29) is 12.0 Å². The normalized spacial score (nSPS) is 19.0. The Morgan fingerprint density at radius 2 is 1.70 bits per heavy atom. The van der Waals surface area contributed by atoms with E-state index in [0.29, 0.717) is 29.4 Å². The predicted octanol–water partition coefficient (Wildman–Crippen LogP) is 3.14. The van der Waals surface area contributed by atoms with Crippen molar-refractivity contribution in [3.05, 3.63) is 53.1 Å². The topological polar surface area (TPSA) is 66.0 Å². The average Bonchev–Trinajstić information content (AvgIpc) is 3.22. The lowest BCUT2D eigenvalue weighted by atomic mass is 10.0. The Kier molecular flexibility index (Phi) is 5.98. The fourth-order valence-corrected chi connectivity index (χ4v) is 3.17. The van der Waals surface area contributed by atoms with E-state index in [9.17, 15) is 4.79 Å². The first-order valence-corrected chi connectivity index (χ1v) is 8.92. The van der Waals surface area contributed by atoms with Crippen LogP contribution in [0.25, 0.3) is 0 Å². The molecule has 0 radical (unpaired) electrons. The molecule has 0 bridgehead atoms. The van der Waals surface area contributed by atoms with Gasteiger partial charge >= 0.3 is 0 Å². The molecule has 27 heavy (non-hydrogen) atoms. The fraction of sp³-hybridized carbons (Fsp3) is 0.381. The molecule has 2 aromatic rings. The van der Waals surface area contributed by atoms with Crippen molar-refractivity contribution in [2.75, 3.05) is 27.9 Å². The predicted molar refractivity (Wildman–Crippen MR) is 102 cm³/mol. The minimum absolute atomic E-state index is 0.0815. The van der Waals surface area contributed by atoms with Crippen molar-refractivity contribution in [3.63, 3.8) is 0 Å². The van der Waals surface area contributed by atoms with E-state index in [4.69, 9.17) is 18.9 Å². The molecule has 3 rings (SSSR count). The van der Waals surface area contributed by atoms with E-state index in [1.54, 1.807) is 12.1 Å². The third-order valence-corrected chi connectivity index (χ3v) is 4.74. The van der Waals surface area contributed by atoms with E-state index in [2.05, 4.69) is 24.4 Å². The molecule has 0 aromatic heterocycles. The lowest BCUT2D eigenvalue weighted by molar-refractivity contribution is 0.0908. The highest BCUT2D eigenvalue weighted by atomic mass is 16.5. The van der Waals surface area contributed by atoms with Crippen LogP contribution in [0.1, 0.15) is 34.6 Å². The van der Waals surface area contributed by atoms with Gasteiger partial charge < -0.3 is 18.9 Å². The minimum Gasteiger partial charge on any atom is -0.493 e. The highest BCUT2D eigenvalue weighted by molar-refractivity contribution is 6.01. The third-order valence-electron chi connectivity index (χ3n) is 4.74. The van der Waals surface area contributed by atoms with Crippen LogP contribution in [0.15, 0.2) is 36.4 Å². The number of hydrogen-bond acceptors (Lipinski definition) is 6. The molecule has 0 aliphatic carbocycles. The van der Waals surface area contributed by atoms with Crippen LogP contribution in [-0.4, -0.2) is 39.8 Å². The standard InChI is InChI=1S/C21H25NO5/c1-5-13-6-8-14(9-7-13)21-22-16(12-27-21)19(23)15-10-17(24-2)20(26-4)18(11-15)25-3/h6-11,16,21-22H,5,12H2,1-4H3. The fourth-order valence-electron chi connectivity index (χ4n) is 3.17. The van der Waals surface area contributed by atoms with E-state index in [0.717, 1.165) is 12.0 Å². The zero-order chi connectivity index (χ0) is 19.4. The number of hydrogen-bond donors (Lipinski definition) is 1. The van der Waals surface area contributed by atoms with Crippen LogP contribution in [0.4, 0.5) is 0 Å². The molecule has 1 heterocycles. The van der Waals surface area contributed by atoms with Crippen LogP contribution in [-0.2, 0) is 11.2 Å². The molecule has 0 amide bonds. The van der Waals surface area contributed by atoms with Crippen molar-refractivity contribution < 1.29 is 23.7 Å². The lowest BCUT2D eigenvalue weighted by Crippen LogP contribution is -2.34. The first-order chi connectivity index (χ1) is 13.1. The summed E-state index contributed by atoms with van der Waals surface area (Å²) in [5, 5.41) is 3.26. The van der Waals surface area contributed by atoms with Crippen molar-refractivity contribution >= 4 is 5.78 Å². The Morgan fingerprint density at radius 1 is 1.07 bits per heavy atom. The molecule has 0 spiro atoms. The Labute approximate surface area is 159 Å². The highest BCUT2D eigenvalue weighted by Crippen LogP contribution is 2.38. The van der Waals surface area contributed by atoms with Crippen molar-refractivity contribution in [1.29, 1.82) is 0 Å². The molecule has 1 fully saturated rings. The van der Waals surface area contributed by atoms with E-state index < -0.39 is 6.04 Å². The van der Waals surface area contributed by atoms with Gasteiger partial charge in [-0.2, -0.15) is 0 Å². The van der Waals surface area contributed by atoms with Gasteiger partial charge in [0, 0.05) is 5.56 Å². The Morgan fingerprint density at radius 3 is 2.22 bits per heavy atom.